The average Bonchev–Trinajstić information content (AvgIpc) is 2.35. The maximum atomic E-state index is 10.9. The Labute approximate surface area is 130 Å². The van der Waals surface area contributed by atoms with Crippen LogP contribution in [0.25, 0.3) is 0 Å². The van der Waals surface area contributed by atoms with Crippen LogP contribution in [0.3, 0.4) is 0 Å². The number of aliphatic hydroxyl groups is 2. The van der Waals surface area contributed by atoms with Gasteiger partial charge in [-0.3, -0.25) is 10.1 Å². The molecular formula is C16H24N2O4. The Kier molecular flexibility index (Phi) is 4.30. The van der Waals surface area contributed by atoms with Crippen molar-refractivity contribution in [2.45, 2.75) is 57.4 Å². The number of nitrogens with zero attached hydrogens (tertiary/aromatic N) is 1. The monoisotopic (exact) mass is 308 g/mol. The lowest BCUT2D eigenvalue weighted by Gasteiger charge is -2.52. The molecule has 1 heterocycles. The van der Waals surface area contributed by atoms with Crippen LogP contribution in [-0.2, 0) is 0 Å². The van der Waals surface area contributed by atoms with Crippen LogP contribution in [0.5, 0.6) is 0 Å². The third-order valence-corrected chi connectivity index (χ3v) is 4.39. The minimum Gasteiger partial charge on any atom is -0.393 e. The van der Waals surface area contributed by atoms with E-state index in [1.807, 2.05) is 27.7 Å². The summed E-state index contributed by atoms with van der Waals surface area (Å²) in [6, 6.07) is 5.96. The lowest BCUT2D eigenvalue weighted by atomic mass is 9.69. The van der Waals surface area contributed by atoms with Gasteiger partial charge in [-0.25, -0.2) is 0 Å². The van der Waals surface area contributed by atoms with E-state index in [2.05, 4.69) is 5.32 Å². The minimum absolute atomic E-state index is 0.0621. The highest BCUT2D eigenvalue weighted by Crippen LogP contribution is 2.41. The second-order valence-corrected chi connectivity index (χ2v) is 7.32. The van der Waals surface area contributed by atoms with Crippen molar-refractivity contribution in [1.82, 2.24) is 5.32 Å². The van der Waals surface area contributed by atoms with Gasteiger partial charge in [-0.15, -0.1) is 0 Å². The molecule has 0 aliphatic carbocycles. The third kappa shape index (κ3) is 3.29. The van der Waals surface area contributed by atoms with Gasteiger partial charge in [0.2, 0.25) is 0 Å². The van der Waals surface area contributed by atoms with Gasteiger partial charge in [0.25, 0.3) is 5.69 Å². The van der Waals surface area contributed by atoms with E-state index in [1.165, 1.54) is 12.1 Å². The Morgan fingerprint density at radius 2 is 2.00 bits per heavy atom. The Morgan fingerprint density at radius 1 is 1.36 bits per heavy atom. The van der Waals surface area contributed by atoms with Crippen molar-refractivity contribution in [1.29, 1.82) is 0 Å². The highest BCUT2D eigenvalue weighted by molar-refractivity contribution is 5.36. The van der Waals surface area contributed by atoms with E-state index >= 15 is 0 Å². The predicted molar refractivity (Wildman–Crippen MR) is 83.5 cm³/mol. The zero-order valence-corrected chi connectivity index (χ0v) is 13.4. The summed E-state index contributed by atoms with van der Waals surface area (Å²) in [4.78, 5) is 10.4. The van der Waals surface area contributed by atoms with Crippen LogP contribution in [0.4, 0.5) is 5.69 Å². The summed E-state index contributed by atoms with van der Waals surface area (Å²) in [5, 5.41) is 35.6. The normalized spacial score (nSPS) is 28.1. The molecule has 0 saturated carbocycles. The number of non-ortho nitro benzene ring substituents is 1. The smallest absolute Gasteiger partial charge is 0.269 e. The van der Waals surface area contributed by atoms with Crippen LogP contribution in [0.1, 0.15) is 45.8 Å². The van der Waals surface area contributed by atoms with Crippen molar-refractivity contribution in [2.24, 2.45) is 5.92 Å². The Hall–Kier alpha value is -1.50. The zero-order valence-electron chi connectivity index (χ0n) is 13.4. The van der Waals surface area contributed by atoms with Gasteiger partial charge in [-0.2, -0.15) is 0 Å². The SMILES string of the molecule is CC1(C)C[C@H](O)[C@H]([C@@H](O)c2cccc([N+](=O)[O-])c2)C(C)(C)N1. The summed E-state index contributed by atoms with van der Waals surface area (Å²) in [5.41, 5.74) is -0.353. The molecule has 0 unspecified atom stereocenters. The second-order valence-electron chi connectivity index (χ2n) is 7.32. The Bertz CT molecular complexity index is 571. The lowest BCUT2D eigenvalue weighted by Crippen LogP contribution is -2.65. The summed E-state index contributed by atoms with van der Waals surface area (Å²) in [6.07, 6.45) is -1.17. The number of hydrogen-bond donors (Lipinski definition) is 3. The molecule has 0 amide bonds. The molecule has 1 saturated heterocycles. The fourth-order valence-electron chi connectivity index (χ4n) is 3.77. The van der Waals surface area contributed by atoms with Crippen LogP contribution in [-0.4, -0.2) is 32.3 Å². The molecular weight excluding hydrogens is 284 g/mol. The van der Waals surface area contributed by atoms with E-state index in [4.69, 9.17) is 0 Å². The molecule has 3 N–H and O–H groups in total. The molecule has 1 fully saturated rings. The first-order chi connectivity index (χ1) is 10.0. The topological polar surface area (TPSA) is 95.6 Å². The van der Waals surface area contributed by atoms with Crippen molar-refractivity contribution in [3.63, 3.8) is 0 Å². The fraction of sp³-hybridized carbons (Fsp3) is 0.625. The maximum absolute atomic E-state index is 10.9. The molecule has 22 heavy (non-hydrogen) atoms. The van der Waals surface area contributed by atoms with Gasteiger partial charge in [0.05, 0.1) is 17.1 Å². The Morgan fingerprint density at radius 3 is 2.55 bits per heavy atom. The molecule has 1 aromatic carbocycles. The number of aliphatic hydroxyl groups excluding tert-OH is 2. The quantitative estimate of drug-likeness (QED) is 0.587. The molecule has 1 aliphatic heterocycles. The summed E-state index contributed by atoms with van der Waals surface area (Å²) in [5.74, 6) is -0.456. The molecule has 1 aliphatic rings. The van der Waals surface area contributed by atoms with E-state index in [0.717, 1.165) is 0 Å². The van der Waals surface area contributed by atoms with E-state index in [1.54, 1.807) is 12.1 Å². The number of hydrogen-bond acceptors (Lipinski definition) is 5. The second kappa shape index (κ2) is 5.61. The summed E-state index contributed by atoms with van der Waals surface area (Å²) in [7, 11) is 0. The molecule has 122 valence electrons. The van der Waals surface area contributed by atoms with Crippen molar-refractivity contribution in [3.05, 3.63) is 39.9 Å². The van der Waals surface area contributed by atoms with E-state index in [9.17, 15) is 20.3 Å². The van der Waals surface area contributed by atoms with Gasteiger partial charge in [0, 0.05) is 29.1 Å². The van der Waals surface area contributed by atoms with Crippen LogP contribution in [0.15, 0.2) is 24.3 Å². The number of piperidine rings is 1. The summed E-state index contributed by atoms with van der Waals surface area (Å²) < 4.78 is 0. The molecule has 6 heteroatoms. The van der Waals surface area contributed by atoms with Gasteiger partial charge in [-0.05, 0) is 39.7 Å². The van der Waals surface area contributed by atoms with Crippen LogP contribution < -0.4 is 5.32 Å². The van der Waals surface area contributed by atoms with Crippen LogP contribution in [0, 0.1) is 16.0 Å². The highest BCUT2D eigenvalue weighted by atomic mass is 16.6. The lowest BCUT2D eigenvalue weighted by molar-refractivity contribution is -0.385. The molecule has 0 aromatic heterocycles. The van der Waals surface area contributed by atoms with Gasteiger partial charge >= 0.3 is 0 Å². The molecule has 2 rings (SSSR count). The number of nitro benzene ring substituents is 1. The molecule has 0 radical (unpaired) electrons. The summed E-state index contributed by atoms with van der Waals surface area (Å²) in [6.45, 7) is 7.88. The number of benzene rings is 1. The minimum atomic E-state index is -0.978. The predicted octanol–water partition coefficient (Wildman–Crippen LogP) is 2.16. The van der Waals surface area contributed by atoms with Crippen molar-refractivity contribution < 1.29 is 15.1 Å². The largest absolute Gasteiger partial charge is 0.393 e. The molecule has 1 aromatic rings. The maximum Gasteiger partial charge on any atom is 0.269 e. The standard InChI is InChI=1S/C16H24N2O4/c1-15(2)9-12(19)13(16(3,4)17-15)14(20)10-6-5-7-11(8-10)18(21)22/h5-8,12-14,17,19-20H,9H2,1-4H3/t12-,13+,14-/m0/s1. The molecule has 6 nitrogen and oxygen atoms in total. The highest BCUT2D eigenvalue weighted by Gasteiger charge is 2.48. The van der Waals surface area contributed by atoms with Crippen molar-refractivity contribution in [3.8, 4) is 0 Å². The van der Waals surface area contributed by atoms with Crippen LogP contribution in [0.2, 0.25) is 0 Å². The molecule has 3 atom stereocenters. The van der Waals surface area contributed by atoms with Crippen LogP contribution >= 0.6 is 0 Å². The van der Waals surface area contributed by atoms with Gasteiger partial charge in [0.15, 0.2) is 0 Å². The van der Waals surface area contributed by atoms with E-state index in [0.29, 0.717) is 12.0 Å². The zero-order chi connectivity index (χ0) is 16.7. The first-order valence-corrected chi connectivity index (χ1v) is 7.43. The van der Waals surface area contributed by atoms with Crippen molar-refractivity contribution in [2.75, 3.05) is 0 Å². The van der Waals surface area contributed by atoms with Gasteiger partial charge < -0.3 is 15.5 Å². The Balaban J connectivity index is 2.33. The number of rotatable bonds is 3. The average molecular weight is 308 g/mol. The van der Waals surface area contributed by atoms with Crippen molar-refractivity contribution >= 4 is 5.69 Å². The van der Waals surface area contributed by atoms with E-state index < -0.39 is 28.6 Å². The third-order valence-electron chi connectivity index (χ3n) is 4.39. The molecule has 0 bridgehead atoms. The first-order valence-electron chi connectivity index (χ1n) is 7.43. The fourth-order valence-corrected chi connectivity index (χ4v) is 3.77. The van der Waals surface area contributed by atoms with E-state index in [-0.39, 0.29) is 11.2 Å². The summed E-state index contributed by atoms with van der Waals surface area (Å²) >= 11 is 0. The number of nitrogens with one attached hydrogen (secondary N) is 1. The molecule has 0 spiro atoms. The van der Waals surface area contributed by atoms with Gasteiger partial charge in [0.1, 0.15) is 0 Å². The first kappa shape index (κ1) is 16.9. The van der Waals surface area contributed by atoms with Gasteiger partial charge in [-0.1, -0.05) is 12.1 Å². The number of nitro groups is 1.